The van der Waals surface area contributed by atoms with E-state index in [9.17, 15) is 4.79 Å². The minimum Gasteiger partial charge on any atom is -0.331 e. The first-order chi connectivity index (χ1) is 7.00. The highest BCUT2D eigenvalue weighted by Crippen LogP contribution is 2.24. The molecule has 0 spiro atoms. The van der Waals surface area contributed by atoms with Crippen LogP contribution in [0, 0.1) is 6.92 Å². The molecular weight excluding hydrogens is 212 g/mol. The van der Waals surface area contributed by atoms with Crippen molar-refractivity contribution in [2.24, 2.45) is 7.05 Å². The standard InChI is InChI=1S/C11H11ClN2O/c1-6(15)9-4-8(12)5-10-11(9)14(3)7(2)13-10/h4-5H,1-3H3. The smallest absolute Gasteiger partial charge is 0.162 e. The zero-order valence-corrected chi connectivity index (χ0v) is 9.59. The summed E-state index contributed by atoms with van der Waals surface area (Å²) in [6.07, 6.45) is 0. The minimum absolute atomic E-state index is 0.00509. The van der Waals surface area contributed by atoms with Crippen molar-refractivity contribution >= 4 is 28.4 Å². The molecule has 0 atom stereocenters. The SMILES string of the molecule is CC(=O)c1cc(Cl)cc2nc(C)n(C)c12. The second-order valence-corrected chi connectivity index (χ2v) is 4.03. The first-order valence-electron chi connectivity index (χ1n) is 4.64. The highest BCUT2D eigenvalue weighted by molar-refractivity contribution is 6.32. The Morgan fingerprint density at radius 2 is 2.13 bits per heavy atom. The van der Waals surface area contributed by atoms with Gasteiger partial charge in [0, 0.05) is 17.6 Å². The van der Waals surface area contributed by atoms with Gasteiger partial charge in [-0.3, -0.25) is 4.79 Å². The molecule has 0 aliphatic rings. The molecule has 0 amide bonds. The molecule has 0 aliphatic heterocycles. The zero-order valence-electron chi connectivity index (χ0n) is 8.84. The van der Waals surface area contributed by atoms with E-state index in [1.807, 2.05) is 18.5 Å². The first-order valence-corrected chi connectivity index (χ1v) is 5.02. The van der Waals surface area contributed by atoms with E-state index in [0.717, 1.165) is 16.9 Å². The molecule has 1 aromatic heterocycles. The number of hydrogen-bond donors (Lipinski definition) is 0. The summed E-state index contributed by atoms with van der Waals surface area (Å²) in [5.74, 6) is 0.875. The predicted octanol–water partition coefficient (Wildman–Crippen LogP) is 2.74. The van der Waals surface area contributed by atoms with Gasteiger partial charge in [0.25, 0.3) is 0 Å². The van der Waals surface area contributed by atoms with Crippen molar-refractivity contribution in [1.82, 2.24) is 9.55 Å². The minimum atomic E-state index is 0.00509. The number of benzene rings is 1. The summed E-state index contributed by atoms with van der Waals surface area (Å²) in [5.41, 5.74) is 2.25. The number of carbonyl (C=O) groups excluding carboxylic acids is 1. The van der Waals surface area contributed by atoms with Crippen LogP contribution in [0.5, 0.6) is 0 Å². The van der Waals surface area contributed by atoms with Crippen LogP contribution in [0.3, 0.4) is 0 Å². The van der Waals surface area contributed by atoms with Gasteiger partial charge in [-0.1, -0.05) is 11.6 Å². The number of carbonyl (C=O) groups is 1. The third-order valence-corrected chi connectivity index (χ3v) is 2.76. The van der Waals surface area contributed by atoms with Crippen molar-refractivity contribution in [3.8, 4) is 0 Å². The predicted molar refractivity (Wildman–Crippen MR) is 60.5 cm³/mol. The van der Waals surface area contributed by atoms with Crippen LogP contribution in [0.4, 0.5) is 0 Å². The number of ketones is 1. The van der Waals surface area contributed by atoms with E-state index >= 15 is 0 Å². The van der Waals surface area contributed by atoms with E-state index in [4.69, 9.17) is 11.6 Å². The van der Waals surface area contributed by atoms with E-state index in [-0.39, 0.29) is 5.78 Å². The van der Waals surface area contributed by atoms with E-state index in [0.29, 0.717) is 10.6 Å². The highest BCUT2D eigenvalue weighted by atomic mass is 35.5. The summed E-state index contributed by atoms with van der Waals surface area (Å²) < 4.78 is 1.91. The van der Waals surface area contributed by atoms with E-state index in [1.54, 1.807) is 12.1 Å². The van der Waals surface area contributed by atoms with Gasteiger partial charge in [0.1, 0.15) is 5.82 Å². The average Bonchev–Trinajstić information content (AvgIpc) is 2.41. The van der Waals surface area contributed by atoms with Gasteiger partial charge < -0.3 is 4.57 Å². The van der Waals surface area contributed by atoms with Gasteiger partial charge in [-0.05, 0) is 26.0 Å². The third-order valence-electron chi connectivity index (χ3n) is 2.54. The second-order valence-electron chi connectivity index (χ2n) is 3.60. The fourth-order valence-corrected chi connectivity index (χ4v) is 1.91. The molecule has 2 rings (SSSR count). The largest absolute Gasteiger partial charge is 0.331 e. The monoisotopic (exact) mass is 222 g/mol. The number of rotatable bonds is 1. The quantitative estimate of drug-likeness (QED) is 0.696. The normalized spacial score (nSPS) is 10.9. The fraction of sp³-hybridized carbons (Fsp3) is 0.273. The van der Waals surface area contributed by atoms with Gasteiger partial charge in [0.2, 0.25) is 0 Å². The number of nitrogens with zero attached hydrogens (tertiary/aromatic N) is 2. The summed E-state index contributed by atoms with van der Waals surface area (Å²) in [6, 6.07) is 3.46. The Balaban J connectivity index is 2.94. The lowest BCUT2D eigenvalue weighted by Crippen LogP contribution is -1.99. The molecule has 0 saturated carbocycles. The van der Waals surface area contributed by atoms with Crippen molar-refractivity contribution in [2.45, 2.75) is 13.8 Å². The molecule has 0 aliphatic carbocycles. The number of Topliss-reactive ketones (excluding diaryl/α,β-unsaturated/α-hetero) is 1. The van der Waals surface area contributed by atoms with Gasteiger partial charge >= 0.3 is 0 Å². The molecule has 0 fully saturated rings. The molecule has 0 bridgehead atoms. The number of hydrogen-bond acceptors (Lipinski definition) is 2. The molecule has 78 valence electrons. The highest BCUT2D eigenvalue weighted by Gasteiger charge is 2.13. The van der Waals surface area contributed by atoms with Crippen molar-refractivity contribution in [3.63, 3.8) is 0 Å². The first kappa shape index (κ1) is 10.2. The molecule has 0 radical (unpaired) electrons. The zero-order chi connectivity index (χ0) is 11.2. The second kappa shape index (κ2) is 3.35. The van der Waals surface area contributed by atoms with E-state index in [2.05, 4.69) is 4.98 Å². The van der Waals surface area contributed by atoms with Crippen LogP contribution in [0.1, 0.15) is 23.1 Å². The van der Waals surface area contributed by atoms with Crippen LogP contribution >= 0.6 is 11.6 Å². The molecule has 1 heterocycles. The number of aromatic nitrogens is 2. The fourth-order valence-electron chi connectivity index (χ4n) is 1.70. The van der Waals surface area contributed by atoms with Gasteiger partial charge in [-0.2, -0.15) is 0 Å². The molecule has 0 saturated heterocycles. The summed E-state index contributed by atoms with van der Waals surface area (Å²) in [5, 5.41) is 0.547. The topological polar surface area (TPSA) is 34.9 Å². The maximum absolute atomic E-state index is 11.5. The van der Waals surface area contributed by atoms with Crippen LogP contribution in [0.2, 0.25) is 5.02 Å². The van der Waals surface area contributed by atoms with Crippen molar-refractivity contribution in [2.75, 3.05) is 0 Å². The lowest BCUT2D eigenvalue weighted by atomic mass is 10.1. The lowest BCUT2D eigenvalue weighted by molar-refractivity contribution is 0.101. The van der Waals surface area contributed by atoms with Crippen LogP contribution in [-0.4, -0.2) is 15.3 Å². The Bertz CT molecular complexity index is 557. The number of aryl methyl sites for hydroxylation is 2. The molecule has 2 aromatic rings. The molecular formula is C11H11ClN2O. The average molecular weight is 223 g/mol. The maximum atomic E-state index is 11.5. The summed E-state index contributed by atoms with van der Waals surface area (Å²) >= 11 is 5.93. The Kier molecular flexibility index (Phi) is 2.27. The molecule has 0 N–H and O–H groups in total. The van der Waals surface area contributed by atoms with Crippen LogP contribution in [0.25, 0.3) is 11.0 Å². The van der Waals surface area contributed by atoms with Crippen LogP contribution < -0.4 is 0 Å². The summed E-state index contributed by atoms with van der Waals surface area (Å²) in [4.78, 5) is 15.8. The van der Waals surface area contributed by atoms with Crippen molar-refractivity contribution < 1.29 is 4.79 Å². The molecule has 3 nitrogen and oxygen atoms in total. The Morgan fingerprint density at radius 1 is 1.47 bits per heavy atom. The van der Waals surface area contributed by atoms with Crippen LogP contribution in [-0.2, 0) is 7.05 Å². The van der Waals surface area contributed by atoms with E-state index < -0.39 is 0 Å². The van der Waals surface area contributed by atoms with Gasteiger partial charge in [-0.15, -0.1) is 0 Å². The van der Waals surface area contributed by atoms with Gasteiger partial charge in [0.05, 0.1) is 11.0 Å². The molecule has 15 heavy (non-hydrogen) atoms. The van der Waals surface area contributed by atoms with Crippen molar-refractivity contribution in [1.29, 1.82) is 0 Å². The van der Waals surface area contributed by atoms with E-state index in [1.165, 1.54) is 6.92 Å². The summed E-state index contributed by atoms with van der Waals surface area (Å²) in [7, 11) is 1.89. The van der Waals surface area contributed by atoms with Crippen molar-refractivity contribution in [3.05, 3.63) is 28.5 Å². The maximum Gasteiger partial charge on any atom is 0.162 e. The van der Waals surface area contributed by atoms with Gasteiger partial charge in [-0.25, -0.2) is 4.98 Å². The Morgan fingerprint density at radius 3 is 2.73 bits per heavy atom. The number of imidazole rings is 1. The number of halogens is 1. The molecule has 0 unspecified atom stereocenters. The van der Waals surface area contributed by atoms with Crippen LogP contribution in [0.15, 0.2) is 12.1 Å². The molecule has 4 heteroatoms. The third kappa shape index (κ3) is 1.53. The Hall–Kier alpha value is -1.35. The Labute approximate surface area is 92.7 Å². The lowest BCUT2D eigenvalue weighted by Gasteiger charge is -2.02. The molecule has 1 aromatic carbocycles. The summed E-state index contributed by atoms with van der Waals surface area (Å²) in [6.45, 7) is 3.44. The number of fused-ring (bicyclic) bond motifs is 1. The van der Waals surface area contributed by atoms with Gasteiger partial charge in [0.15, 0.2) is 5.78 Å².